The van der Waals surface area contributed by atoms with E-state index in [-0.39, 0.29) is 5.02 Å². The Hall–Kier alpha value is -1.92. The minimum Gasteiger partial charge on any atom is -0.390 e. The van der Waals surface area contributed by atoms with E-state index in [1.165, 1.54) is 29.5 Å². The Morgan fingerprint density at radius 1 is 1.33 bits per heavy atom. The Morgan fingerprint density at radius 3 is 2.71 bits per heavy atom. The van der Waals surface area contributed by atoms with E-state index in [2.05, 4.69) is 10.1 Å². The van der Waals surface area contributed by atoms with Crippen molar-refractivity contribution in [1.29, 1.82) is 0 Å². The molecule has 4 nitrogen and oxygen atoms in total. The molecule has 2 aromatic heterocycles. The van der Waals surface area contributed by atoms with Crippen molar-refractivity contribution >= 4 is 27.9 Å². The molecule has 3 aromatic rings. The second-order valence-electron chi connectivity index (χ2n) is 4.57. The summed E-state index contributed by atoms with van der Waals surface area (Å²) in [5.41, 5.74) is 8.25. The second kappa shape index (κ2) is 5.13. The number of hydrogen-bond donors (Lipinski definition) is 1. The smallest absolute Gasteiger partial charge is 0.261 e. The van der Waals surface area contributed by atoms with Crippen molar-refractivity contribution in [2.45, 2.75) is 13.8 Å². The van der Waals surface area contributed by atoms with Crippen molar-refractivity contribution in [2.24, 2.45) is 0 Å². The summed E-state index contributed by atoms with van der Waals surface area (Å²) in [5, 5.41) is 4.76. The van der Waals surface area contributed by atoms with Crippen molar-refractivity contribution in [3.8, 4) is 22.8 Å². The molecule has 2 N–H and O–H groups in total. The summed E-state index contributed by atoms with van der Waals surface area (Å²) >= 11 is 7.48. The van der Waals surface area contributed by atoms with Crippen LogP contribution >= 0.6 is 22.9 Å². The molecule has 0 amide bonds. The molecule has 0 fully saturated rings. The highest BCUT2D eigenvalue weighted by molar-refractivity contribution is 7.16. The average molecular weight is 324 g/mol. The SMILES string of the molecule is Cc1sc(N)c(-c2nc(-c3ccc(F)cc3Cl)no2)c1C. The van der Waals surface area contributed by atoms with Crippen LogP contribution in [0.5, 0.6) is 0 Å². The lowest BCUT2D eigenvalue weighted by atomic mass is 10.1. The quantitative estimate of drug-likeness (QED) is 0.756. The molecule has 2 heterocycles. The molecule has 108 valence electrons. The van der Waals surface area contributed by atoms with E-state index in [9.17, 15) is 4.39 Å². The fourth-order valence-corrected chi connectivity index (χ4v) is 3.20. The van der Waals surface area contributed by atoms with Gasteiger partial charge in [0.15, 0.2) is 0 Å². The van der Waals surface area contributed by atoms with Crippen LogP contribution in [0.3, 0.4) is 0 Å². The van der Waals surface area contributed by atoms with Crippen LogP contribution in [0.1, 0.15) is 10.4 Å². The number of rotatable bonds is 2. The first kappa shape index (κ1) is 14.0. The van der Waals surface area contributed by atoms with Gasteiger partial charge in [-0.2, -0.15) is 4.98 Å². The van der Waals surface area contributed by atoms with Crippen LogP contribution in [-0.2, 0) is 0 Å². The lowest BCUT2D eigenvalue weighted by Gasteiger charge is -1.98. The highest BCUT2D eigenvalue weighted by atomic mass is 35.5. The van der Waals surface area contributed by atoms with Crippen molar-refractivity contribution < 1.29 is 8.91 Å². The molecule has 0 spiro atoms. The molecule has 1 aromatic carbocycles. The molecule has 3 rings (SSSR count). The largest absolute Gasteiger partial charge is 0.390 e. The maximum absolute atomic E-state index is 13.1. The number of halogens is 2. The summed E-state index contributed by atoms with van der Waals surface area (Å²) in [6.07, 6.45) is 0. The minimum absolute atomic E-state index is 0.230. The van der Waals surface area contributed by atoms with Crippen LogP contribution in [0.2, 0.25) is 5.02 Å². The average Bonchev–Trinajstić information content (AvgIpc) is 2.96. The molecule has 0 unspecified atom stereocenters. The van der Waals surface area contributed by atoms with Gasteiger partial charge in [-0.25, -0.2) is 4.39 Å². The zero-order valence-electron chi connectivity index (χ0n) is 11.3. The van der Waals surface area contributed by atoms with Gasteiger partial charge in [-0.3, -0.25) is 0 Å². The first-order chi connectivity index (χ1) is 9.97. The number of aryl methyl sites for hydroxylation is 1. The molecule has 0 aliphatic heterocycles. The second-order valence-corrected chi connectivity index (χ2v) is 6.23. The summed E-state index contributed by atoms with van der Waals surface area (Å²) in [5.74, 6) is 0.225. The lowest BCUT2D eigenvalue weighted by Crippen LogP contribution is -1.87. The van der Waals surface area contributed by atoms with Crippen LogP contribution < -0.4 is 5.73 Å². The summed E-state index contributed by atoms with van der Waals surface area (Å²) in [7, 11) is 0. The normalized spacial score (nSPS) is 11.0. The van der Waals surface area contributed by atoms with Crippen molar-refractivity contribution in [1.82, 2.24) is 10.1 Å². The van der Waals surface area contributed by atoms with Crippen LogP contribution in [0.15, 0.2) is 22.7 Å². The third kappa shape index (κ3) is 2.41. The molecule has 0 aliphatic carbocycles. The Balaban J connectivity index is 2.08. The summed E-state index contributed by atoms with van der Waals surface area (Å²) < 4.78 is 18.4. The van der Waals surface area contributed by atoms with Crippen molar-refractivity contribution in [2.75, 3.05) is 5.73 Å². The van der Waals surface area contributed by atoms with Crippen molar-refractivity contribution in [3.05, 3.63) is 39.5 Å². The monoisotopic (exact) mass is 323 g/mol. The van der Waals surface area contributed by atoms with E-state index >= 15 is 0 Å². The number of nitrogens with zero attached hydrogens (tertiary/aromatic N) is 2. The van der Waals surface area contributed by atoms with E-state index in [1.807, 2.05) is 13.8 Å². The van der Waals surface area contributed by atoms with Gasteiger partial charge in [-0.15, -0.1) is 11.3 Å². The number of benzene rings is 1. The van der Waals surface area contributed by atoms with Crippen LogP contribution in [0, 0.1) is 19.7 Å². The standard InChI is InChI=1S/C14H11ClFN3OS/c1-6-7(2)21-12(17)11(6)14-18-13(19-20-14)9-4-3-8(16)5-10(9)15/h3-5H,17H2,1-2H3. The maximum Gasteiger partial charge on any atom is 0.261 e. The predicted molar refractivity (Wildman–Crippen MR) is 81.9 cm³/mol. The lowest BCUT2D eigenvalue weighted by molar-refractivity contribution is 0.432. The first-order valence-electron chi connectivity index (χ1n) is 6.12. The molecule has 0 radical (unpaired) electrons. The van der Waals surface area contributed by atoms with Gasteiger partial charge in [0.05, 0.1) is 15.6 Å². The van der Waals surface area contributed by atoms with E-state index in [0.29, 0.717) is 22.3 Å². The van der Waals surface area contributed by atoms with Crippen molar-refractivity contribution in [3.63, 3.8) is 0 Å². The highest BCUT2D eigenvalue weighted by Crippen LogP contribution is 2.38. The molecule has 7 heteroatoms. The Bertz CT molecular complexity index is 828. The van der Waals surface area contributed by atoms with Gasteiger partial charge >= 0.3 is 0 Å². The molecule has 0 aliphatic rings. The van der Waals surface area contributed by atoms with Crippen LogP contribution in [0.4, 0.5) is 9.39 Å². The van der Waals surface area contributed by atoms with Gasteiger partial charge in [0, 0.05) is 10.4 Å². The number of thiophene rings is 1. The van der Waals surface area contributed by atoms with E-state index in [0.717, 1.165) is 16.0 Å². The van der Waals surface area contributed by atoms with E-state index in [4.69, 9.17) is 21.9 Å². The van der Waals surface area contributed by atoms with Crippen LogP contribution in [-0.4, -0.2) is 10.1 Å². The molecular formula is C14H11ClFN3OS. The summed E-state index contributed by atoms with van der Waals surface area (Å²) in [4.78, 5) is 5.42. The van der Waals surface area contributed by atoms with Gasteiger partial charge in [-0.05, 0) is 37.6 Å². The van der Waals surface area contributed by atoms with Gasteiger partial charge in [0.2, 0.25) is 5.82 Å². The summed E-state index contributed by atoms with van der Waals surface area (Å²) in [6, 6.07) is 4.02. The molecule has 0 saturated carbocycles. The Morgan fingerprint density at radius 2 is 2.10 bits per heavy atom. The van der Waals surface area contributed by atoms with E-state index in [1.54, 1.807) is 0 Å². The van der Waals surface area contributed by atoms with Gasteiger partial charge in [-0.1, -0.05) is 16.8 Å². The maximum atomic E-state index is 13.1. The fraction of sp³-hybridized carbons (Fsp3) is 0.143. The molecule has 21 heavy (non-hydrogen) atoms. The van der Waals surface area contributed by atoms with E-state index < -0.39 is 5.82 Å². The third-order valence-corrected chi connectivity index (χ3v) is 4.57. The zero-order chi connectivity index (χ0) is 15.1. The number of hydrogen-bond acceptors (Lipinski definition) is 5. The van der Waals surface area contributed by atoms with Gasteiger partial charge in [0.25, 0.3) is 5.89 Å². The molecule has 0 bridgehead atoms. The van der Waals surface area contributed by atoms with Gasteiger partial charge in [0.1, 0.15) is 5.82 Å². The summed E-state index contributed by atoms with van der Waals surface area (Å²) in [6.45, 7) is 3.93. The predicted octanol–water partition coefficient (Wildman–Crippen LogP) is 4.46. The minimum atomic E-state index is -0.416. The Kier molecular flexibility index (Phi) is 3.43. The first-order valence-corrected chi connectivity index (χ1v) is 7.31. The highest BCUT2D eigenvalue weighted by Gasteiger charge is 2.20. The zero-order valence-corrected chi connectivity index (χ0v) is 12.8. The van der Waals surface area contributed by atoms with Crippen LogP contribution in [0.25, 0.3) is 22.8 Å². The number of aromatic nitrogens is 2. The Labute approximate surface area is 129 Å². The molecule has 0 saturated heterocycles. The molecule has 0 atom stereocenters. The fourth-order valence-electron chi connectivity index (χ4n) is 2.02. The number of anilines is 1. The third-order valence-electron chi connectivity index (χ3n) is 3.22. The topological polar surface area (TPSA) is 64.9 Å². The number of nitrogen functional groups attached to an aromatic ring is 1. The molecular weight excluding hydrogens is 313 g/mol. The number of nitrogens with two attached hydrogens (primary N) is 1. The van der Waals surface area contributed by atoms with Gasteiger partial charge < -0.3 is 10.3 Å².